The lowest BCUT2D eigenvalue weighted by Crippen LogP contribution is -2.42. The molecule has 1 atom stereocenters. The highest BCUT2D eigenvalue weighted by Gasteiger charge is 2.27. The van der Waals surface area contributed by atoms with Crippen molar-refractivity contribution in [3.05, 3.63) is 131 Å². The molecule has 0 heterocycles. The average molecular weight is 494 g/mol. The van der Waals surface area contributed by atoms with E-state index < -0.39 is 6.04 Å². The van der Waals surface area contributed by atoms with Gasteiger partial charge in [-0.3, -0.25) is 14.5 Å². The van der Waals surface area contributed by atoms with E-state index in [-0.39, 0.29) is 11.8 Å². The van der Waals surface area contributed by atoms with Crippen LogP contribution in [-0.4, -0.2) is 29.8 Å². The molecule has 0 aliphatic rings. The SMILES string of the molecule is COC(=O)[C@H](Cc1ccc(Oc2ccc(C(C)=O)cc2)cc1)N(Cc1ccccc1)Cc1ccccc1. The summed E-state index contributed by atoms with van der Waals surface area (Å²) in [7, 11) is 1.44. The van der Waals surface area contributed by atoms with Gasteiger partial charge in [0.1, 0.15) is 17.5 Å². The number of ketones is 1. The smallest absolute Gasteiger partial charge is 0.323 e. The number of methoxy groups -OCH3 is 1. The number of Topliss-reactive ketones (excluding diaryl/α,β-unsaturated/α-hetero) is 1. The summed E-state index contributed by atoms with van der Waals surface area (Å²) in [5.41, 5.74) is 3.91. The molecule has 0 unspecified atom stereocenters. The number of ether oxygens (including phenoxy) is 2. The van der Waals surface area contributed by atoms with Gasteiger partial charge in [-0.25, -0.2) is 0 Å². The molecule has 0 saturated heterocycles. The van der Waals surface area contributed by atoms with Crippen molar-refractivity contribution in [1.82, 2.24) is 4.90 Å². The van der Waals surface area contributed by atoms with Crippen molar-refractivity contribution in [2.75, 3.05) is 7.11 Å². The summed E-state index contributed by atoms with van der Waals surface area (Å²) in [6.07, 6.45) is 0.500. The van der Waals surface area contributed by atoms with Gasteiger partial charge in [-0.15, -0.1) is 0 Å². The number of esters is 1. The van der Waals surface area contributed by atoms with Gasteiger partial charge in [0.2, 0.25) is 0 Å². The monoisotopic (exact) mass is 493 g/mol. The Bertz CT molecular complexity index is 1240. The Morgan fingerprint density at radius 2 is 1.16 bits per heavy atom. The normalized spacial score (nSPS) is 11.6. The Morgan fingerprint density at radius 1 is 0.676 bits per heavy atom. The molecule has 4 rings (SSSR count). The van der Waals surface area contributed by atoms with Crippen LogP contribution in [0.3, 0.4) is 0 Å². The second kappa shape index (κ2) is 12.7. The summed E-state index contributed by atoms with van der Waals surface area (Å²) in [5.74, 6) is 1.09. The van der Waals surface area contributed by atoms with E-state index in [1.165, 1.54) is 14.0 Å². The quantitative estimate of drug-likeness (QED) is 0.177. The third-order valence-corrected chi connectivity index (χ3v) is 6.22. The van der Waals surface area contributed by atoms with E-state index in [2.05, 4.69) is 29.2 Å². The van der Waals surface area contributed by atoms with E-state index >= 15 is 0 Å². The number of hydrogen-bond donors (Lipinski definition) is 0. The summed E-state index contributed by atoms with van der Waals surface area (Å²) in [5, 5.41) is 0. The molecule has 0 N–H and O–H groups in total. The first-order valence-electron chi connectivity index (χ1n) is 12.3. The molecular formula is C32H31NO4. The minimum atomic E-state index is -0.462. The summed E-state index contributed by atoms with van der Waals surface area (Å²) >= 11 is 0. The van der Waals surface area contributed by atoms with Crippen LogP contribution < -0.4 is 4.74 Å². The van der Waals surface area contributed by atoms with E-state index in [4.69, 9.17) is 9.47 Å². The van der Waals surface area contributed by atoms with E-state index in [1.54, 1.807) is 24.3 Å². The van der Waals surface area contributed by atoms with E-state index in [9.17, 15) is 9.59 Å². The Hall–Kier alpha value is -4.22. The maximum absolute atomic E-state index is 13.0. The van der Waals surface area contributed by atoms with Crippen molar-refractivity contribution in [1.29, 1.82) is 0 Å². The number of rotatable bonds is 11. The molecule has 5 nitrogen and oxygen atoms in total. The van der Waals surface area contributed by atoms with Crippen LogP contribution >= 0.6 is 0 Å². The first kappa shape index (κ1) is 25.9. The number of carbonyl (C=O) groups excluding carboxylic acids is 2. The van der Waals surface area contributed by atoms with Crippen molar-refractivity contribution in [3.8, 4) is 11.5 Å². The standard InChI is InChI=1S/C32H31NO4/c1-24(34)28-15-19-30(20-16-28)37-29-17-13-25(14-18-29)21-31(32(35)36-2)33(22-26-9-5-3-6-10-26)23-27-11-7-4-8-12-27/h3-20,31H,21-23H2,1-2H3/t31-/m0/s1. The predicted molar refractivity (Wildman–Crippen MR) is 145 cm³/mol. The fourth-order valence-corrected chi connectivity index (χ4v) is 4.22. The molecule has 4 aromatic carbocycles. The highest BCUT2D eigenvalue weighted by molar-refractivity contribution is 5.94. The second-order valence-corrected chi connectivity index (χ2v) is 8.95. The van der Waals surface area contributed by atoms with E-state index in [1.807, 2.05) is 60.7 Å². The topological polar surface area (TPSA) is 55.8 Å². The highest BCUT2D eigenvalue weighted by Crippen LogP contribution is 2.24. The Balaban J connectivity index is 1.52. The van der Waals surface area contributed by atoms with Crippen LogP contribution in [0.5, 0.6) is 11.5 Å². The molecule has 0 radical (unpaired) electrons. The minimum absolute atomic E-state index is 0.0182. The molecule has 4 aromatic rings. The second-order valence-electron chi connectivity index (χ2n) is 8.95. The van der Waals surface area contributed by atoms with Gasteiger partial charge < -0.3 is 9.47 Å². The molecule has 0 bridgehead atoms. The number of carbonyl (C=O) groups is 2. The van der Waals surface area contributed by atoms with Gasteiger partial charge in [-0.05, 0) is 66.4 Å². The van der Waals surface area contributed by atoms with Gasteiger partial charge in [0.25, 0.3) is 0 Å². The van der Waals surface area contributed by atoms with Crippen molar-refractivity contribution < 1.29 is 19.1 Å². The van der Waals surface area contributed by atoms with Crippen molar-refractivity contribution in [3.63, 3.8) is 0 Å². The van der Waals surface area contributed by atoms with Crippen molar-refractivity contribution >= 4 is 11.8 Å². The van der Waals surface area contributed by atoms with Crippen LogP contribution in [0, 0.1) is 0 Å². The summed E-state index contributed by atoms with van der Waals surface area (Å²) in [6, 6.07) is 34.6. The fourth-order valence-electron chi connectivity index (χ4n) is 4.22. The number of nitrogens with zero attached hydrogens (tertiary/aromatic N) is 1. The van der Waals surface area contributed by atoms with Crippen LogP contribution in [-0.2, 0) is 29.0 Å². The third kappa shape index (κ3) is 7.38. The molecule has 0 aromatic heterocycles. The predicted octanol–water partition coefficient (Wildman–Crippen LogP) is 6.47. The minimum Gasteiger partial charge on any atom is -0.468 e. The summed E-state index contributed by atoms with van der Waals surface area (Å²) in [6.45, 7) is 2.77. The molecule has 0 aliphatic heterocycles. The third-order valence-electron chi connectivity index (χ3n) is 6.22. The van der Waals surface area contributed by atoms with Gasteiger partial charge >= 0.3 is 5.97 Å². The first-order chi connectivity index (χ1) is 18.0. The van der Waals surface area contributed by atoms with Crippen LogP contribution in [0.1, 0.15) is 34.0 Å². The van der Waals surface area contributed by atoms with Crippen LogP contribution in [0.2, 0.25) is 0 Å². The van der Waals surface area contributed by atoms with Crippen molar-refractivity contribution in [2.45, 2.75) is 32.5 Å². The molecule has 37 heavy (non-hydrogen) atoms. The Morgan fingerprint density at radius 3 is 1.62 bits per heavy atom. The molecule has 188 valence electrons. The number of benzene rings is 4. The molecule has 0 fully saturated rings. The van der Waals surface area contributed by atoms with Gasteiger partial charge in [0.05, 0.1) is 7.11 Å². The summed E-state index contributed by atoms with van der Waals surface area (Å²) < 4.78 is 11.2. The lowest BCUT2D eigenvalue weighted by atomic mass is 10.0. The van der Waals surface area contributed by atoms with Gasteiger partial charge in [0, 0.05) is 18.7 Å². The largest absolute Gasteiger partial charge is 0.468 e. The zero-order valence-corrected chi connectivity index (χ0v) is 21.2. The fraction of sp³-hybridized carbons (Fsp3) is 0.188. The Labute approximate surface area is 218 Å². The average Bonchev–Trinajstić information content (AvgIpc) is 2.93. The Kier molecular flexibility index (Phi) is 8.84. The maximum Gasteiger partial charge on any atom is 0.323 e. The van der Waals surface area contributed by atoms with Gasteiger partial charge in [-0.2, -0.15) is 0 Å². The maximum atomic E-state index is 13.0. The van der Waals surface area contributed by atoms with Crippen LogP contribution in [0.4, 0.5) is 0 Å². The summed E-state index contributed by atoms with van der Waals surface area (Å²) in [4.78, 5) is 26.7. The zero-order chi connectivity index (χ0) is 26.0. The number of hydrogen-bond acceptors (Lipinski definition) is 5. The highest BCUT2D eigenvalue weighted by atomic mass is 16.5. The molecular weight excluding hydrogens is 462 g/mol. The van der Waals surface area contributed by atoms with Gasteiger partial charge in [0.15, 0.2) is 5.78 Å². The zero-order valence-electron chi connectivity index (χ0n) is 21.2. The lowest BCUT2D eigenvalue weighted by molar-refractivity contribution is -0.147. The van der Waals surface area contributed by atoms with E-state index in [0.717, 1.165) is 16.7 Å². The first-order valence-corrected chi connectivity index (χ1v) is 12.3. The molecule has 0 spiro atoms. The van der Waals surface area contributed by atoms with Crippen LogP contribution in [0.15, 0.2) is 109 Å². The lowest BCUT2D eigenvalue weighted by Gasteiger charge is -2.30. The molecule has 0 saturated carbocycles. The molecule has 0 amide bonds. The van der Waals surface area contributed by atoms with E-state index in [0.29, 0.717) is 36.6 Å². The molecule has 5 heteroatoms. The molecule has 0 aliphatic carbocycles. The van der Waals surface area contributed by atoms with Gasteiger partial charge in [-0.1, -0.05) is 72.8 Å². The van der Waals surface area contributed by atoms with Crippen molar-refractivity contribution in [2.24, 2.45) is 0 Å². The van der Waals surface area contributed by atoms with Crippen LogP contribution in [0.25, 0.3) is 0 Å².